The van der Waals surface area contributed by atoms with Gasteiger partial charge in [-0.1, -0.05) is 41.4 Å². The number of hydrogen-bond acceptors (Lipinski definition) is 4. The van der Waals surface area contributed by atoms with Crippen LogP contribution in [-0.4, -0.2) is 42.1 Å². The molecule has 0 radical (unpaired) electrons. The van der Waals surface area contributed by atoms with Crippen LogP contribution in [0.5, 0.6) is 0 Å². The number of halogens is 3. The Morgan fingerprint density at radius 1 is 1.13 bits per heavy atom. The number of nitrogens with one attached hydrogen (secondary N) is 1. The lowest BCUT2D eigenvalue weighted by molar-refractivity contribution is 0.180. The Bertz CT molecular complexity index is 1430. The number of amides is 2. The zero-order chi connectivity index (χ0) is 26.7. The number of piperidine rings is 1. The predicted octanol–water partition coefficient (Wildman–Crippen LogP) is 6.18. The zero-order valence-corrected chi connectivity index (χ0v) is 22.1. The summed E-state index contributed by atoms with van der Waals surface area (Å²) in [6.07, 6.45) is 7.28. The number of likely N-dealkylation sites (tertiary alicyclic amines) is 1. The van der Waals surface area contributed by atoms with Gasteiger partial charge in [-0.2, -0.15) is 9.65 Å². The molecule has 5 rings (SSSR count). The molecule has 38 heavy (non-hydrogen) atoms. The SMILES string of the molecule is N#Cc1ccc2c(c1)C1(CCN(CC=Cc3ccc(Cl)c(Cl)c3)CC1)CN2C(=O)NCc1ccnc(F)c1. The normalized spacial score (nSPS) is 16.5. The van der Waals surface area contributed by atoms with Crippen molar-refractivity contribution in [2.24, 2.45) is 0 Å². The van der Waals surface area contributed by atoms with E-state index in [9.17, 15) is 14.4 Å². The van der Waals surface area contributed by atoms with Crippen LogP contribution >= 0.6 is 23.2 Å². The van der Waals surface area contributed by atoms with E-state index in [0.29, 0.717) is 27.7 Å². The van der Waals surface area contributed by atoms with Gasteiger partial charge >= 0.3 is 6.03 Å². The van der Waals surface area contributed by atoms with Crippen molar-refractivity contribution >= 4 is 41.0 Å². The highest BCUT2D eigenvalue weighted by molar-refractivity contribution is 6.42. The molecule has 1 fully saturated rings. The van der Waals surface area contributed by atoms with Crippen LogP contribution in [0.4, 0.5) is 14.9 Å². The van der Waals surface area contributed by atoms with Gasteiger partial charge in [0.2, 0.25) is 5.95 Å². The number of fused-ring (bicyclic) bond motifs is 2. The van der Waals surface area contributed by atoms with E-state index in [1.165, 1.54) is 12.3 Å². The Hall–Kier alpha value is -3.44. The highest BCUT2D eigenvalue weighted by Gasteiger charge is 2.46. The van der Waals surface area contributed by atoms with Gasteiger partial charge in [0.15, 0.2) is 0 Å². The topological polar surface area (TPSA) is 72.3 Å². The number of carbonyl (C=O) groups excluding carboxylic acids is 1. The molecular weight excluding hydrogens is 524 g/mol. The fourth-order valence-electron chi connectivity index (χ4n) is 5.29. The molecular formula is C29H26Cl2FN5O. The standard InChI is InChI=1S/C29H26Cl2FN5O/c30-24-5-3-20(15-25(24)31)2-1-11-36-12-8-29(9-13-36)19-37(26-6-4-21(17-33)14-23(26)29)28(38)35-18-22-7-10-34-27(32)16-22/h1-7,10,14-16H,8-9,11-13,18-19H2,(H,35,38). The Balaban J connectivity index is 1.27. The van der Waals surface area contributed by atoms with Crippen molar-refractivity contribution < 1.29 is 9.18 Å². The monoisotopic (exact) mass is 549 g/mol. The van der Waals surface area contributed by atoms with E-state index >= 15 is 0 Å². The van der Waals surface area contributed by atoms with Crippen LogP contribution in [0, 0.1) is 17.3 Å². The highest BCUT2D eigenvalue weighted by Crippen LogP contribution is 2.47. The third-order valence-corrected chi connectivity index (χ3v) is 8.10. The Morgan fingerprint density at radius 2 is 1.95 bits per heavy atom. The molecule has 1 aromatic heterocycles. The zero-order valence-electron chi connectivity index (χ0n) is 20.6. The molecule has 1 saturated heterocycles. The van der Waals surface area contributed by atoms with Gasteiger partial charge in [-0.05, 0) is 85.1 Å². The minimum Gasteiger partial charge on any atom is -0.334 e. The van der Waals surface area contributed by atoms with E-state index in [1.807, 2.05) is 30.3 Å². The van der Waals surface area contributed by atoms with E-state index in [-0.39, 0.29) is 18.0 Å². The number of nitrogens with zero attached hydrogens (tertiary/aromatic N) is 4. The van der Waals surface area contributed by atoms with E-state index in [0.717, 1.165) is 49.3 Å². The number of pyridine rings is 1. The largest absolute Gasteiger partial charge is 0.334 e. The average Bonchev–Trinajstić information content (AvgIpc) is 3.23. The summed E-state index contributed by atoms with van der Waals surface area (Å²) in [4.78, 5) is 20.9. The minimum atomic E-state index is -0.579. The number of rotatable bonds is 5. The molecule has 1 spiro atoms. The third kappa shape index (κ3) is 5.53. The van der Waals surface area contributed by atoms with Crippen molar-refractivity contribution in [1.82, 2.24) is 15.2 Å². The maximum atomic E-state index is 13.4. The van der Waals surface area contributed by atoms with Gasteiger partial charge in [0.25, 0.3) is 0 Å². The number of hydrogen-bond donors (Lipinski definition) is 1. The first-order valence-electron chi connectivity index (χ1n) is 12.4. The molecule has 2 amide bonds. The second-order valence-electron chi connectivity index (χ2n) is 9.73. The molecule has 3 aromatic rings. The fourth-order valence-corrected chi connectivity index (χ4v) is 5.60. The van der Waals surface area contributed by atoms with Crippen LogP contribution in [0.25, 0.3) is 6.08 Å². The van der Waals surface area contributed by atoms with Crippen molar-refractivity contribution in [2.75, 3.05) is 31.1 Å². The molecule has 0 aliphatic carbocycles. The molecule has 9 heteroatoms. The summed E-state index contributed by atoms with van der Waals surface area (Å²) < 4.78 is 13.4. The number of urea groups is 1. The van der Waals surface area contributed by atoms with Crippen molar-refractivity contribution in [2.45, 2.75) is 24.8 Å². The number of anilines is 1. The van der Waals surface area contributed by atoms with Crippen molar-refractivity contribution in [3.63, 3.8) is 0 Å². The minimum absolute atomic E-state index is 0.201. The Kier molecular flexibility index (Phi) is 7.66. The first-order valence-corrected chi connectivity index (χ1v) is 13.2. The molecule has 2 aliphatic rings. The summed E-state index contributed by atoms with van der Waals surface area (Å²) >= 11 is 12.1. The summed E-state index contributed by atoms with van der Waals surface area (Å²) in [7, 11) is 0. The number of aromatic nitrogens is 1. The lowest BCUT2D eigenvalue weighted by atomic mass is 9.74. The van der Waals surface area contributed by atoms with Crippen LogP contribution in [0.2, 0.25) is 10.0 Å². The van der Waals surface area contributed by atoms with Crippen molar-refractivity contribution in [1.29, 1.82) is 5.26 Å². The second kappa shape index (κ2) is 11.1. The fraction of sp³-hybridized carbons (Fsp3) is 0.276. The first kappa shape index (κ1) is 26.2. The van der Waals surface area contributed by atoms with Crippen LogP contribution < -0.4 is 10.2 Å². The molecule has 0 saturated carbocycles. The maximum absolute atomic E-state index is 13.4. The van der Waals surface area contributed by atoms with Gasteiger partial charge in [0.05, 0.1) is 21.7 Å². The van der Waals surface area contributed by atoms with E-state index in [2.05, 4.69) is 27.3 Å². The van der Waals surface area contributed by atoms with Crippen molar-refractivity contribution in [3.8, 4) is 6.07 Å². The van der Waals surface area contributed by atoms with Gasteiger partial charge in [-0.15, -0.1) is 0 Å². The van der Waals surface area contributed by atoms with Crippen LogP contribution in [-0.2, 0) is 12.0 Å². The van der Waals surface area contributed by atoms with Crippen LogP contribution in [0.3, 0.4) is 0 Å². The third-order valence-electron chi connectivity index (χ3n) is 7.36. The molecule has 194 valence electrons. The molecule has 2 aliphatic heterocycles. The molecule has 6 nitrogen and oxygen atoms in total. The van der Waals surface area contributed by atoms with Gasteiger partial charge in [0, 0.05) is 36.9 Å². The van der Waals surface area contributed by atoms with Crippen LogP contribution in [0.15, 0.2) is 60.8 Å². The van der Waals surface area contributed by atoms with E-state index < -0.39 is 5.95 Å². The Labute approximate surface area is 231 Å². The molecule has 1 N–H and O–H groups in total. The smallest absolute Gasteiger partial charge is 0.322 e. The molecule has 0 atom stereocenters. The average molecular weight is 550 g/mol. The lowest BCUT2D eigenvalue weighted by Crippen LogP contribution is -2.47. The summed E-state index contributed by atoms with van der Waals surface area (Å²) in [5.41, 5.74) is 3.89. The quantitative estimate of drug-likeness (QED) is 0.386. The first-order chi connectivity index (χ1) is 18.4. The maximum Gasteiger partial charge on any atom is 0.322 e. The van der Waals surface area contributed by atoms with Gasteiger partial charge in [0.1, 0.15) is 0 Å². The molecule has 3 heterocycles. The summed E-state index contributed by atoms with van der Waals surface area (Å²) in [5.74, 6) is -0.579. The number of benzene rings is 2. The summed E-state index contributed by atoms with van der Waals surface area (Å²) in [6.45, 7) is 3.28. The van der Waals surface area contributed by atoms with E-state index in [4.69, 9.17) is 23.2 Å². The Morgan fingerprint density at radius 3 is 2.68 bits per heavy atom. The molecule has 0 bridgehead atoms. The highest BCUT2D eigenvalue weighted by atomic mass is 35.5. The van der Waals surface area contributed by atoms with Gasteiger partial charge in [-0.25, -0.2) is 9.78 Å². The predicted molar refractivity (Wildman–Crippen MR) is 148 cm³/mol. The number of nitriles is 1. The number of carbonyl (C=O) groups is 1. The van der Waals surface area contributed by atoms with Crippen molar-refractivity contribution in [3.05, 3.63) is 99.1 Å². The molecule has 2 aromatic carbocycles. The summed E-state index contributed by atoms with van der Waals surface area (Å²) in [6, 6.07) is 16.1. The summed E-state index contributed by atoms with van der Waals surface area (Å²) in [5, 5.41) is 13.5. The lowest BCUT2D eigenvalue weighted by Gasteiger charge is -2.39. The second-order valence-corrected chi connectivity index (χ2v) is 10.5. The van der Waals surface area contributed by atoms with Crippen LogP contribution in [0.1, 0.15) is 35.1 Å². The van der Waals surface area contributed by atoms with Gasteiger partial charge < -0.3 is 5.32 Å². The van der Waals surface area contributed by atoms with Gasteiger partial charge in [-0.3, -0.25) is 9.80 Å². The molecule has 0 unspecified atom stereocenters. The van der Waals surface area contributed by atoms with E-state index in [1.54, 1.807) is 23.1 Å².